The van der Waals surface area contributed by atoms with Crippen molar-refractivity contribution < 1.29 is 14.3 Å². The van der Waals surface area contributed by atoms with E-state index in [-0.39, 0.29) is 5.91 Å². The number of benzene rings is 2. The van der Waals surface area contributed by atoms with Gasteiger partial charge in [0.25, 0.3) is 5.91 Å². The predicted octanol–water partition coefficient (Wildman–Crippen LogP) is 4.88. The van der Waals surface area contributed by atoms with Crippen LogP contribution >= 0.6 is 11.6 Å². The quantitative estimate of drug-likeness (QED) is 0.677. The molecule has 0 spiro atoms. The number of carbonyl (C=O) groups excluding carboxylic acids is 1. The number of carbonyl (C=O) groups is 1. The molecule has 138 valence electrons. The zero-order valence-corrected chi connectivity index (χ0v) is 16.2. The van der Waals surface area contributed by atoms with Gasteiger partial charge in [-0.1, -0.05) is 30.7 Å². The first-order valence-corrected chi connectivity index (χ1v) is 9.31. The summed E-state index contributed by atoms with van der Waals surface area (Å²) >= 11 is 6.11. The molecule has 2 aromatic rings. The van der Waals surface area contributed by atoms with Gasteiger partial charge in [-0.25, -0.2) is 0 Å². The Morgan fingerprint density at radius 1 is 1.15 bits per heavy atom. The van der Waals surface area contributed by atoms with Gasteiger partial charge in [0, 0.05) is 11.6 Å². The minimum atomic E-state index is -0.891. The maximum absolute atomic E-state index is 12.8. The number of nitrogens with zero attached hydrogens (tertiary/aromatic N) is 1. The van der Waals surface area contributed by atoms with E-state index < -0.39 is 5.60 Å². The minimum Gasteiger partial charge on any atom is -0.494 e. The number of amides is 1. The van der Waals surface area contributed by atoms with E-state index in [0.717, 1.165) is 12.2 Å². The van der Waals surface area contributed by atoms with Gasteiger partial charge in [-0.15, -0.1) is 0 Å². The number of rotatable bonds is 6. The zero-order chi connectivity index (χ0) is 18.7. The van der Waals surface area contributed by atoms with Crippen LogP contribution in [-0.2, 0) is 11.2 Å². The van der Waals surface area contributed by atoms with Crippen molar-refractivity contribution in [3.05, 3.63) is 53.1 Å². The summed E-state index contributed by atoms with van der Waals surface area (Å²) in [4.78, 5) is 14.5. The Bertz CT molecular complexity index is 786. The Hall–Kier alpha value is -2.20. The van der Waals surface area contributed by atoms with Crippen LogP contribution < -0.4 is 14.4 Å². The lowest BCUT2D eigenvalue weighted by Crippen LogP contribution is -2.52. The van der Waals surface area contributed by atoms with Crippen molar-refractivity contribution >= 4 is 23.2 Å². The molecule has 4 nitrogen and oxygen atoms in total. The summed E-state index contributed by atoms with van der Waals surface area (Å²) < 4.78 is 11.6. The monoisotopic (exact) mass is 373 g/mol. The second kappa shape index (κ2) is 7.58. The lowest BCUT2D eigenvalue weighted by molar-refractivity contribution is -0.132. The number of hydrogen-bond donors (Lipinski definition) is 0. The maximum Gasteiger partial charge on any atom is 0.270 e. The molecule has 0 saturated heterocycles. The third-order valence-corrected chi connectivity index (χ3v) is 4.70. The van der Waals surface area contributed by atoms with E-state index in [1.54, 1.807) is 30.9 Å². The average molecular weight is 374 g/mol. The third-order valence-electron chi connectivity index (χ3n) is 4.46. The number of fused-ring (bicyclic) bond motifs is 1. The molecular formula is C21H24ClNO3. The largest absolute Gasteiger partial charge is 0.494 e. The average Bonchev–Trinajstić information content (AvgIpc) is 2.62. The van der Waals surface area contributed by atoms with Gasteiger partial charge in [0.1, 0.15) is 11.5 Å². The number of aryl methyl sites for hydroxylation is 1. The molecule has 0 radical (unpaired) electrons. The van der Waals surface area contributed by atoms with E-state index >= 15 is 0 Å². The van der Waals surface area contributed by atoms with Gasteiger partial charge in [-0.05, 0) is 62.6 Å². The van der Waals surface area contributed by atoms with Crippen LogP contribution in [0.4, 0.5) is 5.69 Å². The maximum atomic E-state index is 12.8. The van der Waals surface area contributed by atoms with Gasteiger partial charge in [0.15, 0.2) is 5.60 Å². The van der Waals surface area contributed by atoms with Gasteiger partial charge in [-0.2, -0.15) is 0 Å². The van der Waals surface area contributed by atoms with Crippen LogP contribution in [0.5, 0.6) is 11.5 Å². The highest BCUT2D eigenvalue weighted by Crippen LogP contribution is 2.39. The van der Waals surface area contributed by atoms with Crippen molar-refractivity contribution in [3.8, 4) is 11.5 Å². The SMILES string of the molecule is CCc1ccc(OCCCN2C(=O)C(C)(C)Oc3ccc(Cl)cc32)cc1. The van der Waals surface area contributed by atoms with Crippen molar-refractivity contribution in [2.45, 2.75) is 39.2 Å². The van der Waals surface area contributed by atoms with Gasteiger partial charge in [0.2, 0.25) is 0 Å². The summed E-state index contributed by atoms with van der Waals surface area (Å²) in [7, 11) is 0. The van der Waals surface area contributed by atoms with Crippen molar-refractivity contribution in [1.29, 1.82) is 0 Å². The van der Waals surface area contributed by atoms with Crippen molar-refractivity contribution in [2.75, 3.05) is 18.1 Å². The fourth-order valence-corrected chi connectivity index (χ4v) is 3.16. The summed E-state index contributed by atoms with van der Waals surface area (Å²) in [6.45, 7) is 6.77. The molecule has 2 aromatic carbocycles. The van der Waals surface area contributed by atoms with Gasteiger partial charge < -0.3 is 14.4 Å². The Kier molecular flexibility index (Phi) is 5.42. The lowest BCUT2D eigenvalue weighted by Gasteiger charge is -2.38. The second-order valence-corrected chi connectivity index (χ2v) is 7.32. The first-order chi connectivity index (χ1) is 12.4. The number of anilines is 1. The highest BCUT2D eigenvalue weighted by atomic mass is 35.5. The molecule has 3 rings (SSSR count). The van der Waals surface area contributed by atoms with Gasteiger partial charge >= 0.3 is 0 Å². The molecule has 0 unspecified atom stereocenters. The van der Waals surface area contributed by atoms with E-state index in [0.29, 0.717) is 36.0 Å². The Labute approximate surface area is 159 Å². The Morgan fingerprint density at radius 3 is 2.58 bits per heavy atom. The van der Waals surface area contributed by atoms with Crippen molar-refractivity contribution in [1.82, 2.24) is 0 Å². The zero-order valence-electron chi connectivity index (χ0n) is 15.4. The fourth-order valence-electron chi connectivity index (χ4n) is 3.00. The molecule has 0 N–H and O–H groups in total. The lowest BCUT2D eigenvalue weighted by atomic mass is 10.0. The molecule has 1 aliphatic heterocycles. The van der Waals surface area contributed by atoms with Crippen molar-refractivity contribution in [2.24, 2.45) is 0 Å². The summed E-state index contributed by atoms with van der Waals surface area (Å²) in [5.74, 6) is 1.45. The molecule has 0 bridgehead atoms. The molecule has 5 heteroatoms. The minimum absolute atomic E-state index is 0.0698. The molecule has 0 aliphatic carbocycles. The molecule has 1 heterocycles. The van der Waals surface area contributed by atoms with Crippen LogP contribution in [-0.4, -0.2) is 24.7 Å². The summed E-state index contributed by atoms with van der Waals surface area (Å²) in [6, 6.07) is 13.5. The Morgan fingerprint density at radius 2 is 1.88 bits per heavy atom. The van der Waals surface area contributed by atoms with Gasteiger partial charge in [-0.3, -0.25) is 4.79 Å². The highest BCUT2D eigenvalue weighted by molar-refractivity contribution is 6.31. The number of ether oxygens (including phenoxy) is 2. The number of hydrogen-bond acceptors (Lipinski definition) is 3. The fraction of sp³-hybridized carbons (Fsp3) is 0.381. The molecular weight excluding hydrogens is 350 g/mol. The molecule has 26 heavy (non-hydrogen) atoms. The molecule has 0 fully saturated rings. The summed E-state index contributed by atoms with van der Waals surface area (Å²) in [6.07, 6.45) is 1.72. The first kappa shape index (κ1) is 18.6. The van der Waals surface area contributed by atoms with E-state index in [1.165, 1.54) is 5.56 Å². The second-order valence-electron chi connectivity index (χ2n) is 6.88. The van der Waals surface area contributed by atoms with Crippen LogP contribution in [0, 0.1) is 0 Å². The summed E-state index contributed by atoms with van der Waals surface area (Å²) in [5, 5.41) is 0.581. The normalized spacial score (nSPS) is 15.4. The smallest absolute Gasteiger partial charge is 0.270 e. The van der Waals surface area contributed by atoms with E-state index in [2.05, 4.69) is 19.1 Å². The summed E-state index contributed by atoms with van der Waals surface area (Å²) in [5.41, 5.74) is 1.11. The molecule has 1 aliphatic rings. The molecule has 0 aromatic heterocycles. The van der Waals surface area contributed by atoms with Crippen LogP contribution in [0.15, 0.2) is 42.5 Å². The van der Waals surface area contributed by atoms with E-state index in [9.17, 15) is 4.79 Å². The highest BCUT2D eigenvalue weighted by Gasteiger charge is 2.40. The van der Waals surface area contributed by atoms with Crippen LogP contribution in [0.3, 0.4) is 0 Å². The third kappa shape index (κ3) is 3.96. The first-order valence-electron chi connectivity index (χ1n) is 8.93. The molecule has 0 atom stereocenters. The van der Waals surface area contributed by atoms with E-state index in [4.69, 9.17) is 21.1 Å². The van der Waals surface area contributed by atoms with Gasteiger partial charge in [0.05, 0.1) is 12.3 Å². The standard InChI is InChI=1S/C21H24ClNO3/c1-4-15-6-9-17(10-7-15)25-13-5-12-23-18-14-16(22)8-11-19(18)26-21(2,3)20(23)24/h6-11,14H,4-5,12-13H2,1-3H3. The molecule has 0 saturated carbocycles. The van der Waals surface area contributed by atoms with E-state index in [1.807, 2.05) is 18.2 Å². The Balaban J connectivity index is 1.64. The van der Waals surface area contributed by atoms with Crippen molar-refractivity contribution in [3.63, 3.8) is 0 Å². The number of halogens is 1. The topological polar surface area (TPSA) is 38.8 Å². The van der Waals surface area contributed by atoms with Crippen LogP contribution in [0.1, 0.15) is 32.8 Å². The predicted molar refractivity (Wildman–Crippen MR) is 104 cm³/mol. The molecule has 1 amide bonds. The van der Waals surface area contributed by atoms with Crippen LogP contribution in [0.2, 0.25) is 5.02 Å². The van der Waals surface area contributed by atoms with Crippen LogP contribution in [0.25, 0.3) is 0 Å².